The number of nitrogens with one attached hydrogen (secondary N) is 1. The number of benzene rings is 3. The number of anilines is 1. The molecule has 0 aromatic heterocycles. The monoisotopic (exact) mass is 315 g/mol. The molecule has 0 unspecified atom stereocenters. The molecule has 0 aliphatic heterocycles. The molecule has 3 nitrogen and oxygen atoms in total. The fourth-order valence-corrected chi connectivity index (χ4v) is 2.36. The van der Waals surface area contributed by atoms with Gasteiger partial charge < -0.3 is 10.4 Å². The van der Waals surface area contributed by atoms with Crippen molar-refractivity contribution in [2.45, 2.75) is 0 Å². The average molecular weight is 315 g/mol. The van der Waals surface area contributed by atoms with Crippen LogP contribution in [0.5, 0.6) is 5.75 Å². The van der Waals surface area contributed by atoms with Gasteiger partial charge in [-0.1, -0.05) is 60.7 Å². The Kier molecular flexibility index (Phi) is 4.73. The van der Waals surface area contributed by atoms with Gasteiger partial charge in [-0.05, 0) is 23.3 Å². The van der Waals surface area contributed by atoms with Crippen molar-refractivity contribution in [1.29, 1.82) is 0 Å². The molecule has 2 N–H and O–H groups in total. The van der Waals surface area contributed by atoms with Crippen LogP contribution in [0, 0.1) is 0 Å². The van der Waals surface area contributed by atoms with E-state index in [2.05, 4.69) is 5.32 Å². The van der Waals surface area contributed by atoms with Crippen molar-refractivity contribution < 1.29 is 9.90 Å². The Morgan fingerprint density at radius 3 is 2.25 bits per heavy atom. The van der Waals surface area contributed by atoms with Crippen molar-refractivity contribution in [2.24, 2.45) is 0 Å². The second-order valence-corrected chi connectivity index (χ2v) is 5.34. The highest BCUT2D eigenvalue weighted by Crippen LogP contribution is 2.19. The van der Waals surface area contributed by atoms with E-state index in [1.54, 1.807) is 24.4 Å². The number of aromatic hydroxyl groups is 1. The molecular formula is C21H17NO2. The molecule has 0 aliphatic carbocycles. The van der Waals surface area contributed by atoms with Gasteiger partial charge in [0.15, 0.2) is 5.78 Å². The molecule has 0 atom stereocenters. The number of hydrogen-bond donors (Lipinski definition) is 2. The van der Waals surface area contributed by atoms with E-state index in [1.807, 2.05) is 60.7 Å². The van der Waals surface area contributed by atoms with Gasteiger partial charge in [0.25, 0.3) is 0 Å². The molecular weight excluding hydrogens is 298 g/mol. The second kappa shape index (κ2) is 7.29. The predicted molar refractivity (Wildman–Crippen MR) is 97.1 cm³/mol. The van der Waals surface area contributed by atoms with Crippen LogP contribution in [0.25, 0.3) is 11.1 Å². The highest BCUT2D eigenvalue weighted by atomic mass is 16.3. The molecule has 0 amide bonds. The zero-order chi connectivity index (χ0) is 16.8. The van der Waals surface area contributed by atoms with Crippen LogP contribution >= 0.6 is 0 Å². The van der Waals surface area contributed by atoms with E-state index >= 15 is 0 Å². The van der Waals surface area contributed by atoms with Gasteiger partial charge in [0.2, 0.25) is 0 Å². The summed E-state index contributed by atoms with van der Waals surface area (Å²) in [7, 11) is 0. The van der Waals surface area contributed by atoms with Crippen LogP contribution in [0.2, 0.25) is 0 Å². The topological polar surface area (TPSA) is 49.3 Å². The van der Waals surface area contributed by atoms with Crippen molar-refractivity contribution >= 4 is 11.5 Å². The minimum Gasteiger partial charge on any atom is -0.508 e. The van der Waals surface area contributed by atoms with Crippen molar-refractivity contribution in [2.75, 3.05) is 5.32 Å². The Labute approximate surface area is 140 Å². The lowest BCUT2D eigenvalue weighted by atomic mass is 10.0. The number of ketones is 1. The van der Waals surface area contributed by atoms with Crippen molar-refractivity contribution in [3.63, 3.8) is 0 Å². The molecule has 0 saturated carbocycles. The molecule has 118 valence electrons. The van der Waals surface area contributed by atoms with Gasteiger partial charge in [0.05, 0.1) is 0 Å². The molecule has 3 aromatic carbocycles. The van der Waals surface area contributed by atoms with Crippen molar-refractivity contribution in [3.8, 4) is 16.9 Å². The Hall–Kier alpha value is -3.33. The van der Waals surface area contributed by atoms with Gasteiger partial charge in [-0.15, -0.1) is 0 Å². The quantitative estimate of drug-likeness (QED) is 0.522. The second-order valence-electron chi connectivity index (χ2n) is 5.34. The Balaban J connectivity index is 1.66. The molecule has 3 heteroatoms. The third-order valence-electron chi connectivity index (χ3n) is 3.61. The van der Waals surface area contributed by atoms with Crippen LogP contribution < -0.4 is 5.32 Å². The minimum absolute atomic E-state index is 0.0812. The van der Waals surface area contributed by atoms with E-state index in [-0.39, 0.29) is 11.5 Å². The Bertz CT molecular complexity index is 853. The molecule has 0 radical (unpaired) electrons. The van der Waals surface area contributed by atoms with Gasteiger partial charge in [-0.2, -0.15) is 0 Å². The maximum absolute atomic E-state index is 12.2. The highest BCUT2D eigenvalue weighted by molar-refractivity contribution is 6.04. The smallest absolute Gasteiger partial charge is 0.187 e. The number of carbonyl (C=O) groups excluding carboxylic acids is 1. The fraction of sp³-hybridized carbons (Fsp3) is 0. The predicted octanol–water partition coefficient (Wildman–Crippen LogP) is 4.87. The lowest BCUT2D eigenvalue weighted by Crippen LogP contribution is -1.96. The summed E-state index contributed by atoms with van der Waals surface area (Å²) in [5.41, 5.74) is 3.55. The summed E-state index contributed by atoms with van der Waals surface area (Å²) in [4.78, 5) is 12.2. The summed E-state index contributed by atoms with van der Waals surface area (Å²) in [5.74, 6) is 0.0958. The maximum atomic E-state index is 12.2. The lowest BCUT2D eigenvalue weighted by Gasteiger charge is -2.03. The summed E-state index contributed by atoms with van der Waals surface area (Å²) < 4.78 is 0. The van der Waals surface area contributed by atoms with Crippen LogP contribution in [0.15, 0.2) is 91.1 Å². The van der Waals surface area contributed by atoms with Gasteiger partial charge in [-0.3, -0.25) is 4.79 Å². The largest absolute Gasteiger partial charge is 0.508 e. The number of phenols is 1. The molecule has 0 heterocycles. The van der Waals surface area contributed by atoms with E-state index in [9.17, 15) is 9.90 Å². The van der Waals surface area contributed by atoms with Gasteiger partial charge in [0, 0.05) is 29.6 Å². The zero-order valence-electron chi connectivity index (χ0n) is 13.0. The number of carbonyl (C=O) groups is 1. The SMILES string of the molecule is O=C(/C=C/Nc1cccc(O)c1)c1ccc(-c2ccccc2)cc1. The molecule has 0 saturated heterocycles. The molecule has 3 aromatic rings. The highest BCUT2D eigenvalue weighted by Gasteiger charge is 2.02. The molecule has 24 heavy (non-hydrogen) atoms. The Morgan fingerprint density at radius 1 is 0.833 bits per heavy atom. The number of allylic oxidation sites excluding steroid dienone is 1. The Morgan fingerprint density at radius 2 is 1.54 bits per heavy atom. The number of hydrogen-bond acceptors (Lipinski definition) is 3. The third-order valence-corrected chi connectivity index (χ3v) is 3.61. The number of rotatable bonds is 5. The summed E-state index contributed by atoms with van der Waals surface area (Å²) in [6.07, 6.45) is 3.05. The van der Waals surface area contributed by atoms with Crippen molar-refractivity contribution in [1.82, 2.24) is 0 Å². The van der Waals surface area contributed by atoms with E-state index in [0.29, 0.717) is 5.56 Å². The summed E-state index contributed by atoms with van der Waals surface area (Å²) in [6, 6.07) is 24.3. The van der Waals surface area contributed by atoms with E-state index in [1.165, 1.54) is 6.08 Å². The summed E-state index contributed by atoms with van der Waals surface area (Å²) >= 11 is 0. The van der Waals surface area contributed by atoms with E-state index in [4.69, 9.17) is 0 Å². The first-order chi connectivity index (χ1) is 11.7. The normalized spacial score (nSPS) is 10.7. The minimum atomic E-state index is -0.0812. The zero-order valence-corrected chi connectivity index (χ0v) is 13.0. The molecule has 0 bridgehead atoms. The van der Waals surface area contributed by atoms with Gasteiger partial charge in [-0.25, -0.2) is 0 Å². The van der Waals surface area contributed by atoms with Crippen LogP contribution in [-0.2, 0) is 0 Å². The van der Waals surface area contributed by atoms with E-state index < -0.39 is 0 Å². The van der Waals surface area contributed by atoms with E-state index in [0.717, 1.165) is 16.8 Å². The molecule has 0 aliphatic rings. The molecule has 0 spiro atoms. The summed E-state index contributed by atoms with van der Waals surface area (Å²) in [6.45, 7) is 0. The van der Waals surface area contributed by atoms with Crippen LogP contribution in [0.4, 0.5) is 5.69 Å². The number of phenolic OH excluding ortho intramolecular Hbond substituents is 1. The molecule has 0 fully saturated rings. The van der Waals surface area contributed by atoms with Crippen LogP contribution in [0.3, 0.4) is 0 Å². The van der Waals surface area contributed by atoms with Crippen molar-refractivity contribution in [3.05, 3.63) is 96.7 Å². The first-order valence-electron chi connectivity index (χ1n) is 7.64. The fourth-order valence-electron chi connectivity index (χ4n) is 2.36. The maximum Gasteiger partial charge on any atom is 0.187 e. The third kappa shape index (κ3) is 3.90. The first-order valence-corrected chi connectivity index (χ1v) is 7.64. The average Bonchev–Trinajstić information content (AvgIpc) is 2.63. The molecule has 3 rings (SSSR count). The standard InChI is InChI=1S/C21H17NO2/c23-20-8-4-7-19(15-20)22-14-13-21(24)18-11-9-17(10-12-18)16-5-2-1-3-6-16/h1-15,22-23H/b14-13+. The van der Waals surface area contributed by atoms with Gasteiger partial charge >= 0.3 is 0 Å². The van der Waals surface area contributed by atoms with Crippen LogP contribution in [-0.4, -0.2) is 10.9 Å². The first kappa shape index (κ1) is 15.6. The van der Waals surface area contributed by atoms with Gasteiger partial charge in [0.1, 0.15) is 5.75 Å². The van der Waals surface area contributed by atoms with Crippen LogP contribution in [0.1, 0.15) is 10.4 Å². The summed E-state index contributed by atoms with van der Waals surface area (Å²) in [5, 5.41) is 12.4. The lowest BCUT2D eigenvalue weighted by molar-refractivity contribution is 0.104.